The summed E-state index contributed by atoms with van der Waals surface area (Å²) in [6.45, 7) is 1.05. The lowest BCUT2D eigenvalue weighted by Crippen LogP contribution is -2.17. The quantitative estimate of drug-likeness (QED) is 0.681. The van der Waals surface area contributed by atoms with Crippen molar-refractivity contribution in [1.82, 2.24) is 4.98 Å². The van der Waals surface area contributed by atoms with Crippen molar-refractivity contribution in [2.24, 2.45) is 0 Å². The largest absolute Gasteiger partial charge is 0.486 e. The van der Waals surface area contributed by atoms with Crippen molar-refractivity contribution < 1.29 is 14.3 Å². The Morgan fingerprint density at radius 2 is 1.96 bits per heavy atom. The van der Waals surface area contributed by atoms with Crippen LogP contribution in [0.15, 0.2) is 40.9 Å². The first kappa shape index (κ1) is 16.4. The Morgan fingerprint density at radius 1 is 1.20 bits per heavy atom. The van der Waals surface area contributed by atoms with Crippen molar-refractivity contribution in [3.05, 3.63) is 45.9 Å². The van der Waals surface area contributed by atoms with Gasteiger partial charge in [-0.1, -0.05) is 12.1 Å². The summed E-state index contributed by atoms with van der Waals surface area (Å²) in [6.07, 6.45) is 0.994. The molecule has 25 heavy (non-hydrogen) atoms. The minimum absolute atomic E-state index is 0.0587. The molecule has 0 saturated heterocycles. The smallest absolute Gasteiger partial charge is 0.224 e. The summed E-state index contributed by atoms with van der Waals surface area (Å²) in [5.41, 5.74) is 1.66. The van der Waals surface area contributed by atoms with Crippen LogP contribution >= 0.6 is 27.3 Å². The molecule has 7 heteroatoms. The fraction of sp³-hybridized carbons (Fsp3) is 0.222. The van der Waals surface area contributed by atoms with Crippen molar-refractivity contribution in [3.63, 3.8) is 0 Å². The van der Waals surface area contributed by atoms with Crippen molar-refractivity contribution in [2.45, 2.75) is 12.8 Å². The molecule has 0 spiro atoms. The molecule has 0 aliphatic carbocycles. The van der Waals surface area contributed by atoms with Crippen molar-refractivity contribution in [1.29, 1.82) is 0 Å². The van der Waals surface area contributed by atoms with E-state index in [0.29, 0.717) is 43.2 Å². The first-order chi connectivity index (χ1) is 12.2. The number of hydrogen-bond acceptors (Lipinski definition) is 5. The Kier molecular flexibility index (Phi) is 4.59. The molecule has 1 aliphatic heterocycles. The molecule has 1 aromatic heterocycles. The van der Waals surface area contributed by atoms with Gasteiger partial charge in [0, 0.05) is 29.4 Å². The van der Waals surface area contributed by atoms with Gasteiger partial charge in [0.05, 0.1) is 20.9 Å². The summed E-state index contributed by atoms with van der Waals surface area (Å²) in [4.78, 5) is 16.9. The van der Waals surface area contributed by atoms with Crippen LogP contribution in [0.25, 0.3) is 10.2 Å². The maximum Gasteiger partial charge on any atom is 0.224 e. The van der Waals surface area contributed by atoms with Gasteiger partial charge in [-0.2, -0.15) is 0 Å². The summed E-state index contributed by atoms with van der Waals surface area (Å²) < 4.78 is 13.0. The molecule has 0 atom stereocenters. The zero-order valence-corrected chi connectivity index (χ0v) is 15.7. The number of hydrogen-bond donors (Lipinski definition) is 1. The maximum atomic E-state index is 12.3. The highest BCUT2D eigenvalue weighted by molar-refractivity contribution is 9.10. The Labute approximate surface area is 157 Å². The van der Waals surface area contributed by atoms with Gasteiger partial charge in [0.1, 0.15) is 13.2 Å². The highest BCUT2D eigenvalue weighted by Crippen LogP contribution is 2.38. The van der Waals surface area contributed by atoms with Gasteiger partial charge in [-0.15, -0.1) is 11.3 Å². The monoisotopic (exact) mass is 418 g/mol. The topological polar surface area (TPSA) is 60.5 Å². The van der Waals surface area contributed by atoms with E-state index in [2.05, 4.69) is 26.2 Å². The van der Waals surface area contributed by atoms with E-state index in [1.165, 1.54) is 0 Å². The predicted octanol–water partition coefficient (Wildman–Crippen LogP) is 4.40. The van der Waals surface area contributed by atoms with Crippen LogP contribution in [-0.2, 0) is 11.2 Å². The van der Waals surface area contributed by atoms with Crippen LogP contribution in [0.1, 0.15) is 11.4 Å². The Balaban J connectivity index is 1.42. The highest BCUT2D eigenvalue weighted by atomic mass is 79.9. The van der Waals surface area contributed by atoms with Crippen LogP contribution in [0.2, 0.25) is 0 Å². The third-order valence-corrected chi connectivity index (χ3v) is 5.56. The molecule has 0 fully saturated rings. The molecule has 5 nitrogen and oxygen atoms in total. The number of carbonyl (C=O) groups is 1. The molecule has 0 bridgehead atoms. The lowest BCUT2D eigenvalue weighted by Gasteiger charge is -2.20. The number of aromatic nitrogens is 1. The predicted molar refractivity (Wildman–Crippen MR) is 102 cm³/mol. The number of para-hydroxylation sites is 1. The van der Waals surface area contributed by atoms with E-state index in [1.807, 2.05) is 30.3 Å². The number of carbonyl (C=O) groups excluding carboxylic acids is 1. The molecular weight excluding hydrogens is 404 g/mol. The van der Waals surface area contributed by atoms with Gasteiger partial charge in [0.2, 0.25) is 5.91 Å². The van der Waals surface area contributed by atoms with Crippen molar-refractivity contribution in [2.75, 3.05) is 18.5 Å². The zero-order valence-electron chi connectivity index (χ0n) is 13.3. The fourth-order valence-electron chi connectivity index (χ4n) is 2.62. The number of amides is 1. The minimum atomic E-state index is -0.0587. The van der Waals surface area contributed by atoms with E-state index in [4.69, 9.17) is 9.47 Å². The van der Waals surface area contributed by atoms with E-state index in [-0.39, 0.29) is 5.91 Å². The van der Waals surface area contributed by atoms with Crippen LogP contribution in [0.4, 0.5) is 5.69 Å². The summed E-state index contributed by atoms with van der Waals surface area (Å²) in [5, 5.41) is 3.89. The minimum Gasteiger partial charge on any atom is -0.486 e. The number of benzene rings is 2. The normalized spacial score (nSPS) is 13.0. The molecule has 0 saturated carbocycles. The number of ether oxygens (including phenoxy) is 2. The Morgan fingerprint density at radius 3 is 2.76 bits per heavy atom. The zero-order chi connectivity index (χ0) is 17.2. The van der Waals surface area contributed by atoms with Gasteiger partial charge < -0.3 is 14.8 Å². The number of nitrogens with one attached hydrogen (secondary N) is 1. The highest BCUT2D eigenvalue weighted by Gasteiger charge is 2.16. The second-order valence-electron chi connectivity index (χ2n) is 5.60. The van der Waals surface area contributed by atoms with E-state index in [1.54, 1.807) is 17.4 Å². The average Bonchev–Trinajstić information content (AvgIpc) is 3.03. The molecule has 1 aliphatic rings. The molecule has 2 aromatic carbocycles. The second kappa shape index (κ2) is 7.01. The maximum absolute atomic E-state index is 12.3. The first-order valence-electron chi connectivity index (χ1n) is 7.92. The van der Waals surface area contributed by atoms with Gasteiger partial charge in [0.25, 0.3) is 0 Å². The standard InChI is InChI=1S/C18H15BrN2O3S/c19-11-9-14-15(24-8-7-23-14)10-13(11)20-17(22)5-6-18-21-12-3-1-2-4-16(12)25-18/h1-4,9-10H,5-8H2,(H,20,22). The molecule has 3 aromatic rings. The summed E-state index contributed by atoms with van der Waals surface area (Å²) in [5.74, 6) is 1.28. The Hall–Kier alpha value is -2.12. The van der Waals surface area contributed by atoms with Gasteiger partial charge in [-0.3, -0.25) is 4.79 Å². The summed E-state index contributed by atoms with van der Waals surface area (Å²) in [7, 11) is 0. The van der Waals surface area contributed by atoms with Crippen molar-refractivity contribution >= 4 is 49.1 Å². The van der Waals surface area contributed by atoms with Crippen LogP contribution in [0.5, 0.6) is 11.5 Å². The number of halogens is 1. The van der Waals surface area contributed by atoms with Crippen LogP contribution in [0.3, 0.4) is 0 Å². The molecule has 0 unspecified atom stereocenters. The third-order valence-electron chi connectivity index (χ3n) is 3.81. The Bertz CT molecular complexity index is 908. The fourth-order valence-corrected chi connectivity index (χ4v) is 4.01. The second-order valence-corrected chi connectivity index (χ2v) is 7.57. The van der Waals surface area contributed by atoms with E-state index < -0.39 is 0 Å². The average molecular weight is 419 g/mol. The van der Waals surface area contributed by atoms with Crippen LogP contribution < -0.4 is 14.8 Å². The van der Waals surface area contributed by atoms with Gasteiger partial charge in [-0.05, 0) is 28.1 Å². The van der Waals surface area contributed by atoms with Crippen molar-refractivity contribution in [3.8, 4) is 11.5 Å². The first-order valence-corrected chi connectivity index (χ1v) is 9.53. The number of fused-ring (bicyclic) bond motifs is 2. The number of thiazole rings is 1. The molecule has 128 valence electrons. The third kappa shape index (κ3) is 3.62. The number of anilines is 1. The van der Waals surface area contributed by atoms with E-state index in [9.17, 15) is 4.79 Å². The van der Waals surface area contributed by atoms with Gasteiger partial charge in [-0.25, -0.2) is 4.98 Å². The lowest BCUT2D eigenvalue weighted by molar-refractivity contribution is -0.116. The van der Waals surface area contributed by atoms with Gasteiger partial charge >= 0.3 is 0 Å². The molecule has 0 radical (unpaired) electrons. The lowest BCUT2D eigenvalue weighted by atomic mass is 10.2. The molecule has 2 heterocycles. The molecule has 1 amide bonds. The molecule has 1 N–H and O–H groups in total. The SMILES string of the molecule is O=C(CCc1nc2ccccc2s1)Nc1cc2c(cc1Br)OCCO2. The number of rotatable bonds is 4. The molecular formula is C18H15BrN2O3S. The van der Waals surface area contributed by atoms with Gasteiger partial charge in [0.15, 0.2) is 11.5 Å². The molecule has 4 rings (SSSR count). The summed E-state index contributed by atoms with van der Waals surface area (Å²) in [6, 6.07) is 11.6. The van der Waals surface area contributed by atoms with E-state index in [0.717, 1.165) is 19.7 Å². The summed E-state index contributed by atoms with van der Waals surface area (Å²) >= 11 is 5.09. The number of aryl methyl sites for hydroxylation is 1. The van der Waals surface area contributed by atoms with E-state index >= 15 is 0 Å². The van der Waals surface area contributed by atoms with Crippen LogP contribution in [0, 0.1) is 0 Å². The van der Waals surface area contributed by atoms with Crippen LogP contribution in [-0.4, -0.2) is 24.1 Å². The number of nitrogens with zero attached hydrogens (tertiary/aromatic N) is 1.